The summed E-state index contributed by atoms with van der Waals surface area (Å²) in [6.07, 6.45) is 0.479. The van der Waals surface area contributed by atoms with Crippen LogP contribution < -0.4 is 5.32 Å². The Kier molecular flexibility index (Phi) is 4.87. The van der Waals surface area contributed by atoms with E-state index in [-0.39, 0.29) is 18.7 Å². The van der Waals surface area contributed by atoms with Gasteiger partial charge in [-0.15, -0.1) is 11.3 Å². The predicted octanol–water partition coefficient (Wildman–Crippen LogP) is 3.23. The molecule has 1 aliphatic rings. The van der Waals surface area contributed by atoms with Crippen molar-refractivity contribution in [1.29, 1.82) is 0 Å². The first-order chi connectivity index (χ1) is 11.9. The number of amides is 1. The van der Waals surface area contributed by atoms with Gasteiger partial charge in [-0.25, -0.2) is 9.18 Å². The van der Waals surface area contributed by atoms with Gasteiger partial charge in [0.25, 0.3) is 5.91 Å². The highest BCUT2D eigenvalue weighted by Gasteiger charge is 2.42. The minimum Gasteiger partial charge on any atom is -0.480 e. The summed E-state index contributed by atoms with van der Waals surface area (Å²) in [4.78, 5) is 25.6. The molecule has 25 heavy (non-hydrogen) atoms. The summed E-state index contributed by atoms with van der Waals surface area (Å²) >= 11 is 1.27. The van der Waals surface area contributed by atoms with Crippen LogP contribution in [0.1, 0.15) is 28.1 Å². The molecule has 1 saturated heterocycles. The number of hydrogen-bond donors (Lipinski definition) is 2. The smallest absolute Gasteiger partial charge is 0.329 e. The van der Waals surface area contributed by atoms with Crippen LogP contribution in [-0.2, 0) is 9.53 Å². The molecule has 2 aromatic rings. The summed E-state index contributed by atoms with van der Waals surface area (Å²) < 4.78 is 18.3. The van der Waals surface area contributed by atoms with E-state index in [1.807, 2.05) is 6.92 Å². The Morgan fingerprint density at radius 1 is 1.24 bits per heavy atom. The average molecular weight is 363 g/mol. The molecule has 1 aromatic heterocycles. The maximum absolute atomic E-state index is 13.1. The molecule has 0 aliphatic carbocycles. The van der Waals surface area contributed by atoms with Gasteiger partial charge in [-0.1, -0.05) is 12.1 Å². The fraction of sp³-hybridized carbons (Fsp3) is 0.333. The van der Waals surface area contributed by atoms with Gasteiger partial charge in [-0.3, -0.25) is 4.79 Å². The number of rotatable bonds is 4. The topological polar surface area (TPSA) is 75.6 Å². The Morgan fingerprint density at radius 2 is 1.88 bits per heavy atom. The number of thiophene rings is 1. The highest BCUT2D eigenvalue weighted by Crippen LogP contribution is 2.33. The van der Waals surface area contributed by atoms with Crippen molar-refractivity contribution in [2.45, 2.75) is 25.3 Å². The first kappa shape index (κ1) is 17.6. The molecule has 0 bridgehead atoms. The molecule has 1 aliphatic heterocycles. The maximum Gasteiger partial charge on any atom is 0.329 e. The Morgan fingerprint density at radius 3 is 2.48 bits per heavy atom. The van der Waals surface area contributed by atoms with Crippen LogP contribution in [0.25, 0.3) is 10.4 Å². The van der Waals surface area contributed by atoms with Gasteiger partial charge in [-0.2, -0.15) is 0 Å². The molecule has 0 unspecified atom stereocenters. The lowest BCUT2D eigenvalue weighted by Crippen LogP contribution is -2.57. The lowest BCUT2D eigenvalue weighted by atomic mass is 9.90. The highest BCUT2D eigenvalue weighted by atomic mass is 32.1. The van der Waals surface area contributed by atoms with E-state index in [2.05, 4.69) is 5.32 Å². The molecule has 3 rings (SSSR count). The molecular weight excluding hydrogens is 345 g/mol. The van der Waals surface area contributed by atoms with Gasteiger partial charge in [0, 0.05) is 30.9 Å². The minimum atomic E-state index is -1.29. The molecule has 5 nitrogen and oxygen atoms in total. The third-order valence-electron chi connectivity index (χ3n) is 4.36. The van der Waals surface area contributed by atoms with Crippen molar-refractivity contribution in [2.75, 3.05) is 13.2 Å². The number of carboxylic acids is 1. The molecule has 1 fully saturated rings. The van der Waals surface area contributed by atoms with Gasteiger partial charge in [0.1, 0.15) is 11.4 Å². The zero-order chi connectivity index (χ0) is 18.0. The SMILES string of the molecule is Cc1cc(C(=O)NC2(C(=O)O)CCOCC2)sc1-c1ccc(F)cc1. The number of carboxylic acid groups (broad SMARTS) is 1. The van der Waals surface area contributed by atoms with E-state index in [0.717, 1.165) is 16.0 Å². The first-order valence-corrected chi connectivity index (χ1v) is 8.73. The molecule has 2 heterocycles. The molecule has 0 atom stereocenters. The molecule has 0 saturated carbocycles. The molecule has 0 spiro atoms. The van der Waals surface area contributed by atoms with Crippen LogP contribution in [-0.4, -0.2) is 35.7 Å². The van der Waals surface area contributed by atoms with Gasteiger partial charge in [0.15, 0.2) is 0 Å². The number of nitrogens with one attached hydrogen (secondary N) is 1. The van der Waals surface area contributed by atoms with Crippen molar-refractivity contribution >= 4 is 23.2 Å². The van der Waals surface area contributed by atoms with Gasteiger partial charge in [-0.05, 0) is 36.2 Å². The maximum atomic E-state index is 13.1. The van der Waals surface area contributed by atoms with Crippen molar-refractivity contribution < 1.29 is 23.8 Å². The van der Waals surface area contributed by atoms with Crippen molar-refractivity contribution in [3.63, 3.8) is 0 Å². The molecule has 132 valence electrons. The van der Waals surface area contributed by atoms with Crippen molar-refractivity contribution in [3.8, 4) is 10.4 Å². The summed E-state index contributed by atoms with van der Waals surface area (Å²) in [6, 6.07) is 7.79. The summed E-state index contributed by atoms with van der Waals surface area (Å²) in [6.45, 7) is 2.47. The number of aryl methyl sites for hydroxylation is 1. The number of halogens is 1. The second-order valence-electron chi connectivity index (χ2n) is 6.08. The molecule has 1 amide bonds. The second-order valence-corrected chi connectivity index (χ2v) is 7.14. The number of ether oxygens (including phenoxy) is 1. The Hall–Kier alpha value is -2.25. The Balaban J connectivity index is 1.84. The molecule has 2 N–H and O–H groups in total. The highest BCUT2D eigenvalue weighted by molar-refractivity contribution is 7.17. The zero-order valence-corrected chi connectivity index (χ0v) is 14.5. The summed E-state index contributed by atoms with van der Waals surface area (Å²) in [7, 11) is 0. The second kappa shape index (κ2) is 6.93. The van der Waals surface area contributed by atoms with Crippen molar-refractivity contribution in [1.82, 2.24) is 5.32 Å². The number of aliphatic carboxylic acids is 1. The van der Waals surface area contributed by atoms with E-state index in [4.69, 9.17) is 4.74 Å². The minimum absolute atomic E-state index is 0.239. The molecule has 0 radical (unpaired) electrons. The van der Waals surface area contributed by atoms with Crippen molar-refractivity contribution in [2.24, 2.45) is 0 Å². The molecule has 7 heteroatoms. The Bertz CT molecular complexity index is 794. The van der Waals surface area contributed by atoms with Crippen molar-refractivity contribution in [3.05, 3.63) is 46.6 Å². The van der Waals surface area contributed by atoms with E-state index < -0.39 is 17.4 Å². The normalized spacial score (nSPS) is 16.4. The average Bonchev–Trinajstić information content (AvgIpc) is 2.98. The molecular formula is C18H18FNO4S. The third kappa shape index (κ3) is 3.57. The van der Waals surface area contributed by atoms with Gasteiger partial charge >= 0.3 is 5.97 Å². The number of carbonyl (C=O) groups excluding carboxylic acids is 1. The monoisotopic (exact) mass is 363 g/mol. The van der Waals surface area contributed by atoms with E-state index in [1.54, 1.807) is 18.2 Å². The van der Waals surface area contributed by atoms with Crippen LogP contribution in [0, 0.1) is 12.7 Å². The van der Waals surface area contributed by atoms with Crippen LogP contribution in [0.5, 0.6) is 0 Å². The van der Waals surface area contributed by atoms with Gasteiger partial charge in [0.2, 0.25) is 0 Å². The van der Waals surface area contributed by atoms with Gasteiger partial charge < -0.3 is 15.2 Å². The number of benzene rings is 1. The number of carbonyl (C=O) groups is 2. The van der Waals surface area contributed by atoms with E-state index in [0.29, 0.717) is 18.1 Å². The Labute approximate surface area is 148 Å². The summed E-state index contributed by atoms with van der Waals surface area (Å²) in [5, 5.41) is 12.2. The largest absolute Gasteiger partial charge is 0.480 e. The fourth-order valence-corrected chi connectivity index (χ4v) is 3.95. The van der Waals surface area contributed by atoms with Gasteiger partial charge in [0.05, 0.1) is 4.88 Å². The summed E-state index contributed by atoms with van der Waals surface area (Å²) in [5.41, 5.74) is 0.420. The standard InChI is InChI=1S/C18H18FNO4S/c1-11-10-14(25-15(11)12-2-4-13(19)5-3-12)16(21)20-18(17(22)23)6-8-24-9-7-18/h2-5,10H,6-9H2,1H3,(H,20,21)(H,22,23). The third-order valence-corrected chi connectivity index (χ3v) is 5.64. The quantitative estimate of drug-likeness (QED) is 0.875. The van der Waals surface area contributed by atoms with Crippen LogP contribution in [0.15, 0.2) is 30.3 Å². The summed E-state index contributed by atoms with van der Waals surface area (Å²) in [5.74, 6) is -1.78. The first-order valence-electron chi connectivity index (χ1n) is 7.91. The predicted molar refractivity (Wildman–Crippen MR) is 92.3 cm³/mol. The lowest BCUT2D eigenvalue weighted by Gasteiger charge is -2.33. The van der Waals surface area contributed by atoms with E-state index in [9.17, 15) is 19.1 Å². The lowest BCUT2D eigenvalue weighted by molar-refractivity contribution is -0.148. The van der Waals surface area contributed by atoms with Crippen LogP contribution in [0.2, 0.25) is 0 Å². The zero-order valence-electron chi connectivity index (χ0n) is 13.7. The van der Waals surface area contributed by atoms with E-state index >= 15 is 0 Å². The van der Waals surface area contributed by atoms with E-state index in [1.165, 1.54) is 23.5 Å². The molecule has 1 aromatic carbocycles. The van der Waals surface area contributed by atoms with Crippen LogP contribution in [0.4, 0.5) is 4.39 Å². The van der Waals surface area contributed by atoms with Crippen LogP contribution in [0.3, 0.4) is 0 Å². The van der Waals surface area contributed by atoms with Crippen LogP contribution >= 0.6 is 11.3 Å². The number of hydrogen-bond acceptors (Lipinski definition) is 4. The fourth-order valence-electron chi connectivity index (χ4n) is 2.87.